The molecule has 16 heavy (non-hydrogen) atoms. The molecule has 0 aliphatic rings. The van der Waals surface area contributed by atoms with Crippen molar-refractivity contribution in [3.8, 4) is 0 Å². The van der Waals surface area contributed by atoms with Crippen molar-refractivity contribution in [3.05, 3.63) is 30.1 Å². The van der Waals surface area contributed by atoms with Crippen LogP contribution in [0.2, 0.25) is 0 Å². The Labute approximate surface area is 94.9 Å². The van der Waals surface area contributed by atoms with Gasteiger partial charge in [0.1, 0.15) is 5.84 Å². The van der Waals surface area contributed by atoms with E-state index in [9.17, 15) is 0 Å². The molecule has 0 unspecified atom stereocenters. The van der Waals surface area contributed by atoms with E-state index >= 15 is 0 Å². The Balaban J connectivity index is 2.01. The number of oxime groups is 1. The molecule has 0 fully saturated rings. The molecule has 0 spiro atoms. The van der Waals surface area contributed by atoms with Gasteiger partial charge in [-0.05, 0) is 18.6 Å². The second kappa shape index (κ2) is 7.64. The molecule has 1 aromatic rings. The monoisotopic (exact) mass is 223 g/mol. The van der Waals surface area contributed by atoms with Gasteiger partial charge in [0, 0.05) is 31.3 Å². The molecule has 5 heteroatoms. The van der Waals surface area contributed by atoms with Crippen LogP contribution in [0.4, 0.5) is 0 Å². The maximum atomic E-state index is 8.30. The minimum Gasteiger partial charge on any atom is -0.409 e. The summed E-state index contributed by atoms with van der Waals surface area (Å²) in [6, 6.07) is 5.82. The highest BCUT2D eigenvalue weighted by Crippen LogP contribution is 1.96. The van der Waals surface area contributed by atoms with Gasteiger partial charge in [-0.1, -0.05) is 11.2 Å². The number of pyridine rings is 1. The first-order valence-electron chi connectivity index (χ1n) is 5.27. The van der Waals surface area contributed by atoms with Crippen LogP contribution >= 0.6 is 0 Å². The molecular formula is C11H17N3O2. The van der Waals surface area contributed by atoms with Gasteiger partial charge in [0.05, 0.1) is 6.61 Å². The van der Waals surface area contributed by atoms with Gasteiger partial charge in [-0.25, -0.2) is 0 Å². The minimum absolute atomic E-state index is 0.244. The number of amidine groups is 1. The molecule has 1 heterocycles. The number of nitrogens with two attached hydrogens (primary N) is 1. The molecule has 1 rings (SSSR count). The Kier molecular flexibility index (Phi) is 5.95. The molecule has 0 aliphatic carbocycles. The summed E-state index contributed by atoms with van der Waals surface area (Å²) in [5.41, 5.74) is 6.34. The molecule has 3 N–H and O–H groups in total. The molecule has 0 aliphatic heterocycles. The van der Waals surface area contributed by atoms with Crippen LogP contribution in [-0.2, 0) is 11.2 Å². The molecule has 0 radical (unpaired) electrons. The average Bonchev–Trinajstić information content (AvgIpc) is 2.34. The van der Waals surface area contributed by atoms with E-state index < -0.39 is 0 Å². The summed E-state index contributed by atoms with van der Waals surface area (Å²) in [5.74, 6) is 0.244. The normalized spacial score (nSPS) is 11.6. The predicted molar refractivity (Wildman–Crippen MR) is 61.4 cm³/mol. The second-order valence-electron chi connectivity index (χ2n) is 3.38. The third-order valence-corrected chi connectivity index (χ3v) is 2.08. The van der Waals surface area contributed by atoms with E-state index in [1.54, 1.807) is 6.20 Å². The zero-order valence-corrected chi connectivity index (χ0v) is 9.17. The Morgan fingerprint density at radius 2 is 2.31 bits per heavy atom. The molecule has 1 aromatic heterocycles. The maximum Gasteiger partial charge on any atom is 0.139 e. The first-order valence-corrected chi connectivity index (χ1v) is 5.27. The van der Waals surface area contributed by atoms with Gasteiger partial charge in [-0.3, -0.25) is 4.98 Å². The lowest BCUT2D eigenvalue weighted by Gasteiger charge is -2.03. The summed E-state index contributed by atoms with van der Waals surface area (Å²) in [6.07, 6.45) is 3.90. The summed E-state index contributed by atoms with van der Waals surface area (Å²) in [5, 5.41) is 11.2. The summed E-state index contributed by atoms with van der Waals surface area (Å²) in [6.45, 7) is 1.26. The van der Waals surface area contributed by atoms with Crippen LogP contribution in [0.15, 0.2) is 29.6 Å². The van der Waals surface area contributed by atoms with Crippen LogP contribution in [0.1, 0.15) is 18.5 Å². The van der Waals surface area contributed by atoms with E-state index in [-0.39, 0.29) is 5.84 Å². The molecule has 0 saturated carbocycles. The number of ether oxygens (including phenoxy) is 1. The SMILES string of the molecule is N/C(CCCOCCc1ccccn1)=N\O. The summed E-state index contributed by atoms with van der Waals surface area (Å²) < 4.78 is 5.40. The zero-order chi connectivity index (χ0) is 11.6. The molecule has 0 amide bonds. The number of hydrogen-bond acceptors (Lipinski definition) is 4. The largest absolute Gasteiger partial charge is 0.409 e. The van der Waals surface area contributed by atoms with Crippen molar-refractivity contribution in [3.63, 3.8) is 0 Å². The molecule has 0 bridgehead atoms. The lowest BCUT2D eigenvalue weighted by Crippen LogP contribution is -2.12. The third-order valence-electron chi connectivity index (χ3n) is 2.08. The first-order chi connectivity index (χ1) is 7.83. The Bertz CT molecular complexity index is 314. The van der Waals surface area contributed by atoms with E-state index in [4.69, 9.17) is 15.7 Å². The molecule has 88 valence electrons. The molecule has 0 saturated heterocycles. The first kappa shape index (κ1) is 12.4. The molecule has 0 atom stereocenters. The highest BCUT2D eigenvalue weighted by molar-refractivity contribution is 5.79. The standard InChI is InChI=1S/C11H17N3O2/c12-11(14-15)5-3-8-16-9-6-10-4-1-2-7-13-10/h1-2,4,7,15H,3,5-6,8-9H2,(H2,12,14). The van der Waals surface area contributed by atoms with Gasteiger partial charge in [-0.15, -0.1) is 0 Å². The fourth-order valence-corrected chi connectivity index (χ4v) is 1.23. The summed E-state index contributed by atoms with van der Waals surface area (Å²) >= 11 is 0. The maximum absolute atomic E-state index is 8.30. The van der Waals surface area contributed by atoms with Gasteiger partial charge in [0.25, 0.3) is 0 Å². The number of aromatic nitrogens is 1. The van der Waals surface area contributed by atoms with Crippen LogP contribution in [-0.4, -0.2) is 29.2 Å². The number of hydrogen-bond donors (Lipinski definition) is 2. The smallest absolute Gasteiger partial charge is 0.139 e. The van der Waals surface area contributed by atoms with Crippen LogP contribution in [0.25, 0.3) is 0 Å². The predicted octanol–water partition coefficient (Wildman–Crippen LogP) is 1.17. The van der Waals surface area contributed by atoms with Crippen molar-refractivity contribution in [1.82, 2.24) is 4.98 Å². The zero-order valence-electron chi connectivity index (χ0n) is 9.17. The average molecular weight is 223 g/mol. The van der Waals surface area contributed by atoms with E-state index in [1.807, 2.05) is 18.2 Å². The summed E-state index contributed by atoms with van der Waals surface area (Å²) in [7, 11) is 0. The minimum atomic E-state index is 0.244. The lowest BCUT2D eigenvalue weighted by atomic mass is 10.3. The van der Waals surface area contributed by atoms with Crippen molar-refractivity contribution >= 4 is 5.84 Å². The highest BCUT2D eigenvalue weighted by atomic mass is 16.5. The fourth-order valence-electron chi connectivity index (χ4n) is 1.23. The molecular weight excluding hydrogens is 206 g/mol. The lowest BCUT2D eigenvalue weighted by molar-refractivity contribution is 0.135. The fraction of sp³-hybridized carbons (Fsp3) is 0.455. The Morgan fingerprint density at radius 3 is 3.00 bits per heavy atom. The van der Waals surface area contributed by atoms with Crippen LogP contribution in [0.5, 0.6) is 0 Å². The molecule has 0 aromatic carbocycles. The topological polar surface area (TPSA) is 80.7 Å². The third kappa shape index (κ3) is 5.31. The quantitative estimate of drug-likeness (QED) is 0.239. The van der Waals surface area contributed by atoms with Gasteiger partial charge in [0.15, 0.2) is 0 Å². The van der Waals surface area contributed by atoms with Gasteiger partial charge in [-0.2, -0.15) is 0 Å². The van der Waals surface area contributed by atoms with Crippen molar-refractivity contribution < 1.29 is 9.94 Å². The summed E-state index contributed by atoms with van der Waals surface area (Å²) in [4.78, 5) is 4.19. The van der Waals surface area contributed by atoms with Crippen molar-refractivity contribution in [2.24, 2.45) is 10.9 Å². The van der Waals surface area contributed by atoms with Crippen LogP contribution < -0.4 is 5.73 Å². The van der Waals surface area contributed by atoms with E-state index in [0.29, 0.717) is 19.6 Å². The van der Waals surface area contributed by atoms with Gasteiger partial charge < -0.3 is 15.7 Å². The van der Waals surface area contributed by atoms with E-state index in [0.717, 1.165) is 18.5 Å². The van der Waals surface area contributed by atoms with Crippen molar-refractivity contribution in [2.45, 2.75) is 19.3 Å². The number of rotatable bonds is 7. The van der Waals surface area contributed by atoms with Crippen LogP contribution in [0, 0.1) is 0 Å². The van der Waals surface area contributed by atoms with Crippen LogP contribution in [0.3, 0.4) is 0 Å². The Morgan fingerprint density at radius 1 is 1.44 bits per heavy atom. The van der Waals surface area contributed by atoms with Crippen molar-refractivity contribution in [1.29, 1.82) is 0 Å². The van der Waals surface area contributed by atoms with Gasteiger partial charge >= 0.3 is 0 Å². The van der Waals surface area contributed by atoms with E-state index in [2.05, 4.69) is 10.1 Å². The second-order valence-corrected chi connectivity index (χ2v) is 3.38. The highest BCUT2D eigenvalue weighted by Gasteiger charge is 1.95. The van der Waals surface area contributed by atoms with E-state index in [1.165, 1.54) is 0 Å². The van der Waals surface area contributed by atoms with Gasteiger partial charge in [0.2, 0.25) is 0 Å². The molecule has 5 nitrogen and oxygen atoms in total. The van der Waals surface area contributed by atoms with Crippen molar-refractivity contribution in [2.75, 3.05) is 13.2 Å². The number of nitrogens with zero attached hydrogens (tertiary/aromatic N) is 2. The Hall–Kier alpha value is -1.62.